The maximum Gasteiger partial charge on any atom is 0.122 e. The van der Waals surface area contributed by atoms with E-state index in [2.05, 4.69) is 15.9 Å². The van der Waals surface area contributed by atoms with Crippen molar-refractivity contribution in [3.8, 4) is 5.75 Å². The fourth-order valence-corrected chi connectivity index (χ4v) is 2.51. The number of benzene rings is 2. The molecule has 1 nitrogen and oxygen atoms in total. The van der Waals surface area contributed by atoms with E-state index in [9.17, 15) is 0 Å². The molecule has 0 saturated heterocycles. The van der Waals surface area contributed by atoms with Crippen molar-refractivity contribution in [2.75, 3.05) is 0 Å². The smallest absolute Gasteiger partial charge is 0.122 e. The van der Waals surface area contributed by atoms with Crippen LogP contribution in [0.1, 0.15) is 11.1 Å². The highest BCUT2D eigenvalue weighted by molar-refractivity contribution is 9.10. The van der Waals surface area contributed by atoms with Gasteiger partial charge in [0, 0.05) is 20.1 Å². The van der Waals surface area contributed by atoms with Gasteiger partial charge in [-0.15, -0.1) is 0 Å². The Labute approximate surface area is 125 Å². The molecule has 0 unspecified atom stereocenters. The van der Waals surface area contributed by atoms with Crippen molar-refractivity contribution in [1.29, 1.82) is 0 Å². The zero-order valence-corrected chi connectivity index (χ0v) is 12.8. The highest BCUT2D eigenvalue weighted by Gasteiger charge is 2.04. The van der Waals surface area contributed by atoms with Gasteiger partial charge in [0.1, 0.15) is 12.4 Å². The number of aryl methyl sites for hydroxylation is 1. The van der Waals surface area contributed by atoms with E-state index in [1.54, 1.807) is 12.1 Å². The van der Waals surface area contributed by atoms with Crippen molar-refractivity contribution < 1.29 is 4.74 Å². The highest BCUT2D eigenvalue weighted by atomic mass is 79.9. The van der Waals surface area contributed by atoms with E-state index in [4.69, 9.17) is 27.9 Å². The Morgan fingerprint density at radius 1 is 1.11 bits per heavy atom. The molecule has 0 N–H and O–H groups in total. The first kappa shape index (κ1) is 13.7. The van der Waals surface area contributed by atoms with Gasteiger partial charge in [0.05, 0.1) is 0 Å². The Kier molecular flexibility index (Phi) is 4.55. The average molecular weight is 346 g/mol. The Bertz CT molecular complexity index is 518. The second-order valence-corrected chi connectivity index (χ2v) is 5.69. The Balaban J connectivity index is 2.11. The molecule has 0 radical (unpaired) electrons. The minimum absolute atomic E-state index is 0.429. The zero-order valence-electron chi connectivity index (χ0n) is 9.71. The topological polar surface area (TPSA) is 9.23 Å². The molecule has 2 rings (SSSR count). The predicted octanol–water partition coefficient (Wildman–Crippen LogP) is 5.64. The minimum atomic E-state index is 0.429. The first-order valence-electron chi connectivity index (χ1n) is 5.39. The second-order valence-electron chi connectivity index (χ2n) is 3.93. The van der Waals surface area contributed by atoms with E-state index < -0.39 is 0 Å². The quantitative estimate of drug-likeness (QED) is 0.699. The molecule has 0 saturated carbocycles. The highest BCUT2D eigenvalue weighted by Crippen LogP contribution is 2.25. The van der Waals surface area contributed by atoms with Crippen molar-refractivity contribution in [3.63, 3.8) is 0 Å². The third kappa shape index (κ3) is 3.41. The number of hydrogen-bond donors (Lipinski definition) is 0. The molecule has 0 aromatic heterocycles. The second kappa shape index (κ2) is 5.96. The van der Waals surface area contributed by atoms with Gasteiger partial charge in [0.25, 0.3) is 0 Å². The molecular formula is C14H11BrCl2O. The molecule has 0 atom stereocenters. The molecule has 94 valence electrons. The summed E-state index contributed by atoms with van der Waals surface area (Å²) in [4.78, 5) is 0. The first-order valence-corrected chi connectivity index (χ1v) is 6.94. The van der Waals surface area contributed by atoms with E-state index in [-0.39, 0.29) is 0 Å². The fraction of sp³-hybridized carbons (Fsp3) is 0.143. The summed E-state index contributed by atoms with van der Waals surface area (Å²) in [5.74, 6) is 0.851. The largest absolute Gasteiger partial charge is 0.489 e. The van der Waals surface area contributed by atoms with Crippen LogP contribution < -0.4 is 4.74 Å². The molecular weight excluding hydrogens is 335 g/mol. The summed E-state index contributed by atoms with van der Waals surface area (Å²) < 4.78 is 6.79. The first-order chi connectivity index (χ1) is 8.56. The minimum Gasteiger partial charge on any atom is -0.489 e. The van der Waals surface area contributed by atoms with Gasteiger partial charge in [-0.05, 0) is 42.8 Å². The normalized spacial score (nSPS) is 10.4. The molecule has 18 heavy (non-hydrogen) atoms. The van der Waals surface area contributed by atoms with Crippen LogP contribution >= 0.6 is 39.1 Å². The van der Waals surface area contributed by atoms with Crippen molar-refractivity contribution in [1.82, 2.24) is 0 Å². The number of rotatable bonds is 3. The molecule has 0 aliphatic rings. The van der Waals surface area contributed by atoms with Gasteiger partial charge in [-0.1, -0.05) is 45.2 Å². The van der Waals surface area contributed by atoms with Crippen LogP contribution in [0.4, 0.5) is 0 Å². The van der Waals surface area contributed by atoms with E-state index in [0.29, 0.717) is 16.7 Å². The van der Waals surface area contributed by atoms with Gasteiger partial charge in [-0.25, -0.2) is 0 Å². The van der Waals surface area contributed by atoms with Crippen LogP contribution in [0.15, 0.2) is 40.9 Å². The third-order valence-electron chi connectivity index (χ3n) is 2.54. The summed E-state index contributed by atoms with van der Waals surface area (Å²) in [6, 6.07) is 11.3. The molecule has 0 fully saturated rings. The van der Waals surface area contributed by atoms with Gasteiger partial charge in [-0.3, -0.25) is 0 Å². The Morgan fingerprint density at radius 2 is 1.89 bits per heavy atom. The van der Waals surface area contributed by atoms with Crippen LogP contribution in [-0.4, -0.2) is 0 Å². The molecule has 0 aliphatic carbocycles. The molecule has 0 amide bonds. The molecule has 0 aliphatic heterocycles. The van der Waals surface area contributed by atoms with Crippen LogP contribution in [0.3, 0.4) is 0 Å². The molecule has 0 heterocycles. The summed E-state index contributed by atoms with van der Waals surface area (Å²) in [5.41, 5.74) is 2.00. The zero-order chi connectivity index (χ0) is 13.1. The van der Waals surface area contributed by atoms with Crippen molar-refractivity contribution in [2.45, 2.75) is 13.5 Å². The lowest BCUT2D eigenvalue weighted by molar-refractivity contribution is 0.304. The van der Waals surface area contributed by atoms with E-state index in [0.717, 1.165) is 21.3 Å². The molecule has 4 heteroatoms. The monoisotopic (exact) mass is 344 g/mol. The Hall–Kier alpha value is -0.700. The van der Waals surface area contributed by atoms with Crippen LogP contribution in [0.25, 0.3) is 0 Å². The fourth-order valence-electron chi connectivity index (χ4n) is 1.57. The van der Waals surface area contributed by atoms with Gasteiger partial charge in [0.2, 0.25) is 0 Å². The maximum absolute atomic E-state index is 6.09. The molecule has 2 aromatic rings. The third-order valence-corrected chi connectivity index (χ3v) is 3.62. The van der Waals surface area contributed by atoms with Crippen LogP contribution in [0.2, 0.25) is 10.0 Å². The molecule has 0 spiro atoms. The van der Waals surface area contributed by atoms with E-state index in [1.165, 1.54) is 0 Å². The molecule has 0 bridgehead atoms. The van der Waals surface area contributed by atoms with Crippen molar-refractivity contribution in [3.05, 3.63) is 62.0 Å². The van der Waals surface area contributed by atoms with Crippen molar-refractivity contribution >= 4 is 39.1 Å². The molecule has 2 aromatic carbocycles. The summed E-state index contributed by atoms with van der Waals surface area (Å²) in [5, 5.41) is 1.25. The summed E-state index contributed by atoms with van der Waals surface area (Å²) in [7, 11) is 0. The van der Waals surface area contributed by atoms with Crippen LogP contribution in [-0.2, 0) is 6.61 Å². The standard InChI is InChI=1S/C14H11BrCl2O/c1-9-6-11(15)3-5-14(9)18-8-10-2-4-12(16)7-13(10)17/h2-7H,8H2,1H3. The lowest BCUT2D eigenvalue weighted by Crippen LogP contribution is -1.97. The number of halogens is 3. The van der Waals surface area contributed by atoms with Gasteiger partial charge < -0.3 is 4.74 Å². The van der Waals surface area contributed by atoms with Crippen molar-refractivity contribution in [2.24, 2.45) is 0 Å². The van der Waals surface area contributed by atoms with Crippen LogP contribution in [0, 0.1) is 6.92 Å². The van der Waals surface area contributed by atoms with E-state index >= 15 is 0 Å². The summed E-state index contributed by atoms with van der Waals surface area (Å²) in [6.07, 6.45) is 0. The lowest BCUT2D eigenvalue weighted by atomic mass is 10.2. The SMILES string of the molecule is Cc1cc(Br)ccc1OCc1ccc(Cl)cc1Cl. The van der Waals surface area contributed by atoms with Gasteiger partial charge in [0.15, 0.2) is 0 Å². The van der Waals surface area contributed by atoms with E-state index in [1.807, 2.05) is 31.2 Å². The van der Waals surface area contributed by atoms with Gasteiger partial charge >= 0.3 is 0 Å². The predicted molar refractivity (Wildman–Crippen MR) is 79.7 cm³/mol. The maximum atomic E-state index is 6.09. The average Bonchev–Trinajstić information content (AvgIpc) is 2.30. The Morgan fingerprint density at radius 3 is 2.56 bits per heavy atom. The number of ether oxygens (including phenoxy) is 1. The van der Waals surface area contributed by atoms with Gasteiger partial charge in [-0.2, -0.15) is 0 Å². The summed E-state index contributed by atoms with van der Waals surface area (Å²) >= 11 is 15.4. The lowest BCUT2D eigenvalue weighted by Gasteiger charge is -2.10. The number of hydrogen-bond acceptors (Lipinski definition) is 1. The van der Waals surface area contributed by atoms with Crippen LogP contribution in [0.5, 0.6) is 5.75 Å². The summed E-state index contributed by atoms with van der Waals surface area (Å²) in [6.45, 7) is 2.43.